The van der Waals surface area contributed by atoms with Gasteiger partial charge in [0, 0.05) is 53.9 Å². The van der Waals surface area contributed by atoms with Crippen molar-refractivity contribution in [2.24, 2.45) is 5.92 Å². The summed E-state index contributed by atoms with van der Waals surface area (Å²) in [6.07, 6.45) is 4.72. The van der Waals surface area contributed by atoms with Crippen molar-refractivity contribution in [3.63, 3.8) is 0 Å². The van der Waals surface area contributed by atoms with E-state index in [-0.39, 0.29) is 17.7 Å². The van der Waals surface area contributed by atoms with Crippen LogP contribution in [-0.4, -0.2) is 41.3 Å². The molecular weight excluding hydrogens is 394 g/mol. The Morgan fingerprint density at radius 2 is 1.86 bits per heavy atom. The van der Waals surface area contributed by atoms with Crippen LogP contribution in [0.4, 0.5) is 0 Å². The van der Waals surface area contributed by atoms with E-state index in [0.717, 1.165) is 55.9 Å². The van der Waals surface area contributed by atoms with Gasteiger partial charge in [-0.2, -0.15) is 0 Å². The monoisotopic (exact) mass is 417 g/mol. The van der Waals surface area contributed by atoms with E-state index in [0.29, 0.717) is 23.0 Å². The predicted molar refractivity (Wildman–Crippen MR) is 111 cm³/mol. The summed E-state index contributed by atoms with van der Waals surface area (Å²) in [6, 6.07) is 7.08. The van der Waals surface area contributed by atoms with E-state index in [2.05, 4.69) is 10.7 Å². The fourth-order valence-corrected chi connectivity index (χ4v) is 4.68. The molecule has 5 nitrogen and oxygen atoms in total. The smallest absolute Gasteiger partial charge is 0.253 e. The van der Waals surface area contributed by atoms with Crippen molar-refractivity contribution in [2.75, 3.05) is 19.6 Å². The van der Waals surface area contributed by atoms with Gasteiger partial charge in [0.15, 0.2) is 0 Å². The summed E-state index contributed by atoms with van der Waals surface area (Å²) in [5, 5.41) is 6.89. The molecular formula is C21H24ClN3O2S. The second-order valence-corrected chi connectivity index (χ2v) is 8.89. The fraction of sp³-hybridized carbons (Fsp3) is 0.476. The summed E-state index contributed by atoms with van der Waals surface area (Å²) < 4.78 is 0. The molecule has 0 radical (unpaired) electrons. The molecule has 2 aromatic rings. The third-order valence-corrected chi connectivity index (χ3v) is 6.73. The number of hydrogen-bond donors (Lipinski definition) is 1. The molecule has 1 saturated carbocycles. The summed E-state index contributed by atoms with van der Waals surface area (Å²) in [7, 11) is 0. The molecule has 2 heterocycles. The third kappa shape index (κ3) is 4.73. The Hall–Kier alpha value is -1.92. The second kappa shape index (κ2) is 8.62. The first kappa shape index (κ1) is 19.4. The highest BCUT2D eigenvalue weighted by Crippen LogP contribution is 2.31. The highest BCUT2D eigenvalue weighted by atomic mass is 35.5. The van der Waals surface area contributed by atoms with Crippen LogP contribution >= 0.6 is 22.9 Å². The van der Waals surface area contributed by atoms with Gasteiger partial charge in [0.1, 0.15) is 0 Å². The number of likely N-dealkylation sites (tertiary alicyclic amines) is 1. The lowest BCUT2D eigenvalue weighted by Gasteiger charge is -2.31. The number of amides is 2. The summed E-state index contributed by atoms with van der Waals surface area (Å²) in [5.74, 6) is 0.926. The number of carbonyl (C=O) groups is 2. The Kier molecular flexibility index (Phi) is 5.97. The van der Waals surface area contributed by atoms with Crippen molar-refractivity contribution >= 4 is 34.8 Å². The zero-order valence-corrected chi connectivity index (χ0v) is 17.3. The van der Waals surface area contributed by atoms with Gasteiger partial charge in [0.2, 0.25) is 5.91 Å². The first-order valence-corrected chi connectivity index (χ1v) is 11.1. The van der Waals surface area contributed by atoms with Gasteiger partial charge in [-0.3, -0.25) is 9.59 Å². The molecule has 1 saturated heterocycles. The van der Waals surface area contributed by atoms with Crippen LogP contribution in [0.25, 0.3) is 0 Å². The highest BCUT2D eigenvalue weighted by molar-refractivity contribution is 7.09. The van der Waals surface area contributed by atoms with Gasteiger partial charge in [-0.15, -0.1) is 11.3 Å². The molecule has 28 heavy (non-hydrogen) atoms. The number of hydrogen-bond acceptors (Lipinski definition) is 4. The number of halogens is 1. The molecule has 1 N–H and O–H groups in total. The molecule has 4 rings (SSSR count). The number of thiazole rings is 1. The van der Waals surface area contributed by atoms with Crippen LogP contribution in [0, 0.1) is 5.92 Å². The molecule has 1 aromatic carbocycles. The Bertz CT molecular complexity index is 840. The number of piperidine rings is 1. The van der Waals surface area contributed by atoms with E-state index in [1.165, 1.54) is 0 Å². The molecule has 2 fully saturated rings. The van der Waals surface area contributed by atoms with Crippen molar-refractivity contribution in [2.45, 2.75) is 38.0 Å². The van der Waals surface area contributed by atoms with Crippen LogP contribution in [0.2, 0.25) is 5.02 Å². The Balaban J connectivity index is 1.25. The van der Waals surface area contributed by atoms with E-state index in [9.17, 15) is 9.59 Å². The molecule has 0 spiro atoms. The zero-order valence-electron chi connectivity index (χ0n) is 15.7. The normalized spacial score (nSPS) is 17.5. The number of carbonyl (C=O) groups excluding carboxylic acids is 2. The van der Waals surface area contributed by atoms with Gasteiger partial charge < -0.3 is 10.2 Å². The summed E-state index contributed by atoms with van der Waals surface area (Å²) in [6.45, 7) is 2.16. The zero-order chi connectivity index (χ0) is 19.5. The Morgan fingerprint density at radius 3 is 2.54 bits per heavy atom. The first-order chi connectivity index (χ1) is 13.6. The van der Waals surface area contributed by atoms with Crippen molar-refractivity contribution in [3.8, 4) is 0 Å². The van der Waals surface area contributed by atoms with Crippen molar-refractivity contribution in [1.29, 1.82) is 0 Å². The number of nitrogens with zero attached hydrogens (tertiary/aromatic N) is 2. The van der Waals surface area contributed by atoms with Gasteiger partial charge in [0.25, 0.3) is 5.91 Å². The minimum absolute atomic E-state index is 0.0707. The molecule has 2 aliphatic rings. The van der Waals surface area contributed by atoms with E-state index in [4.69, 9.17) is 16.6 Å². The lowest BCUT2D eigenvalue weighted by molar-refractivity contribution is -0.122. The van der Waals surface area contributed by atoms with Gasteiger partial charge in [-0.25, -0.2) is 4.98 Å². The van der Waals surface area contributed by atoms with Crippen LogP contribution in [0.5, 0.6) is 0 Å². The minimum atomic E-state index is 0.0707. The van der Waals surface area contributed by atoms with Crippen molar-refractivity contribution < 1.29 is 9.59 Å². The Morgan fingerprint density at radius 1 is 1.14 bits per heavy atom. The molecule has 1 aliphatic carbocycles. The summed E-state index contributed by atoms with van der Waals surface area (Å²) >= 11 is 7.60. The van der Waals surface area contributed by atoms with Crippen LogP contribution in [-0.2, 0) is 11.2 Å². The molecule has 1 aliphatic heterocycles. The predicted octanol–water partition coefficient (Wildman–Crippen LogP) is 3.89. The SMILES string of the molecule is O=C(NCCc1csc(C2CCN(C(=O)c3ccc(Cl)cc3)CC2)n1)C1CC1. The van der Waals surface area contributed by atoms with Crippen LogP contribution in [0.3, 0.4) is 0 Å². The molecule has 0 unspecified atom stereocenters. The average molecular weight is 418 g/mol. The standard InChI is InChI=1S/C21H24ClN3O2S/c22-17-5-3-16(4-6-17)21(27)25-11-8-15(9-12-25)20-24-18(13-28-20)7-10-23-19(26)14-1-2-14/h3-6,13-15H,1-2,7-12H2,(H,23,26). The van der Waals surface area contributed by atoms with E-state index < -0.39 is 0 Å². The first-order valence-electron chi connectivity index (χ1n) is 9.87. The fourth-order valence-electron chi connectivity index (χ4n) is 3.53. The molecule has 2 amide bonds. The van der Waals surface area contributed by atoms with Crippen LogP contribution in [0.1, 0.15) is 52.7 Å². The maximum atomic E-state index is 12.6. The van der Waals surface area contributed by atoms with Crippen molar-refractivity contribution in [3.05, 3.63) is 50.9 Å². The molecule has 1 aromatic heterocycles. The Labute approximate surface area is 174 Å². The van der Waals surface area contributed by atoms with E-state index in [1.807, 2.05) is 4.90 Å². The largest absolute Gasteiger partial charge is 0.355 e. The molecule has 7 heteroatoms. The minimum Gasteiger partial charge on any atom is -0.355 e. The highest BCUT2D eigenvalue weighted by Gasteiger charge is 2.29. The van der Waals surface area contributed by atoms with Gasteiger partial charge in [0.05, 0.1) is 10.7 Å². The molecule has 148 valence electrons. The average Bonchev–Trinajstić information content (AvgIpc) is 3.47. The van der Waals surface area contributed by atoms with E-state index in [1.54, 1.807) is 35.6 Å². The third-order valence-electron chi connectivity index (χ3n) is 5.42. The van der Waals surface area contributed by atoms with Gasteiger partial charge in [-0.1, -0.05) is 11.6 Å². The quantitative estimate of drug-likeness (QED) is 0.775. The molecule has 0 bridgehead atoms. The van der Waals surface area contributed by atoms with Crippen LogP contribution in [0.15, 0.2) is 29.6 Å². The van der Waals surface area contributed by atoms with Crippen LogP contribution < -0.4 is 5.32 Å². The lowest BCUT2D eigenvalue weighted by atomic mass is 9.97. The lowest BCUT2D eigenvalue weighted by Crippen LogP contribution is -2.37. The number of benzene rings is 1. The molecule has 0 atom stereocenters. The summed E-state index contributed by atoms with van der Waals surface area (Å²) in [5.41, 5.74) is 1.74. The second-order valence-electron chi connectivity index (χ2n) is 7.57. The van der Waals surface area contributed by atoms with E-state index >= 15 is 0 Å². The number of nitrogens with one attached hydrogen (secondary N) is 1. The summed E-state index contributed by atoms with van der Waals surface area (Å²) in [4.78, 5) is 31.0. The maximum Gasteiger partial charge on any atom is 0.253 e. The van der Waals surface area contributed by atoms with Gasteiger partial charge in [-0.05, 0) is 49.9 Å². The van der Waals surface area contributed by atoms with Gasteiger partial charge >= 0.3 is 0 Å². The topological polar surface area (TPSA) is 62.3 Å². The maximum absolute atomic E-state index is 12.6. The van der Waals surface area contributed by atoms with Crippen molar-refractivity contribution in [1.82, 2.24) is 15.2 Å². The number of rotatable bonds is 6. The number of aromatic nitrogens is 1.